The largest absolute Gasteiger partial charge is 0.573 e. The Morgan fingerprint density at radius 2 is 2.13 bits per heavy atom. The summed E-state index contributed by atoms with van der Waals surface area (Å²) in [5.41, 5.74) is 0. The topological polar surface area (TPSA) is 71.0 Å². The number of nitrogens with zero attached hydrogens (tertiary/aromatic N) is 1. The van der Waals surface area contributed by atoms with Crippen LogP contribution in [-0.4, -0.2) is 5.97 Å². The van der Waals surface area contributed by atoms with E-state index in [1.165, 1.54) is 0 Å². The van der Waals surface area contributed by atoms with Gasteiger partial charge in [-0.1, -0.05) is 25.1 Å². The Balaban J connectivity index is 2.48. The van der Waals surface area contributed by atoms with Crippen molar-refractivity contribution in [1.82, 2.24) is 0 Å². The van der Waals surface area contributed by atoms with Gasteiger partial charge in [-0.25, -0.2) is 4.79 Å². The molecule has 1 rings (SSSR count). The maximum atomic E-state index is 11.1. The first kappa shape index (κ1) is 11.6. The van der Waals surface area contributed by atoms with Gasteiger partial charge in [0.05, 0.1) is 0 Å². The van der Waals surface area contributed by atoms with Crippen molar-refractivity contribution >= 4 is 14.1 Å². The highest BCUT2D eigenvalue weighted by atomic mass is 31.1. The van der Waals surface area contributed by atoms with Crippen molar-refractivity contribution in [3.63, 3.8) is 0 Å². The fourth-order valence-corrected chi connectivity index (χ4v) is 1.22. The van der Waals surface area contributed by atoms with Crippen LogP contribution in [0.1, 0.15) is 13.3 Å². The monoisotopic (exact) mass is 227 g/mol. The number of para-hydroxylation sites is 1. The van der Waals surface area contributed by atoms with Gasteiger partial charge in [0.2, 0.25) is 0 Å². The van der Waals surface area contributed by atoms with Crippen LogP contribution in [0.15, 0.2) is 35.2 Å². The van der Waals surface area contributed by atoms with Crippen molar-refractivity contribution in [1.29, 1.82) is 0 Å². The van der Waals surface area contributed by atoms with E-state index in [0.29, 0.717) is 5.75 Å². The summed E-state index contributed by atoms with van der Waals surface area (Å²) in [5, 5.41) is 0. The molecule has 0 saturated carbocycles. The second-order valence-electron chi connectivity index (χ2n) is 2.54. The molecule has 0 radical (unpaired) electrons. The van der Waals surface area contributed by atoms with E-state index in [1.807, 2.05) is 0 Å². The summed E-state index contributed by atoms with van der Waals surface area (Å²) in [4.78, 5) is 29.2. The molecule has 0 aromatic heterocycles. The van der Waals surface area contributed by atoms with Gasteiger partial charge in [-0.3, -0.25) is 9.36 Å². The van der Waals surface area contributed by atoms with E-state index in [-0.39, 0.29) is 6.42 Å². The van der Waals surface area contributed by atoms with Crippen molar-refractivity contribution in [2.24, 2.45) is 4.91 Å². The molecule has 0 heterocycles. The lowest BCUT2D eigenvalue weighted by molar-refractivity contribution is -0.174. The molecular formula is C9H10NO4P. The molecule has 0 aliphatic carbocycles. The van der Waals surface area contributed by atoms with E-state index < -0.39 is 14.1 Å². The number of benzene rings is 1. The molecule has 1 atom stereocenters. The van der Waals surface area contributed by atoms with Crippen LogP contribution in [0.2, 0.25) is 0 Å². The molecule has 0 amide bonds. The molecule has 0 N–H and O–H groups in total. The highest BCUT2D eigenvalue weighted by molar-refractivity contribution is 7.33. The fraction of sp³-hybridized carbons (Fsp3) is 0.222. The van der Waals surface area contributed by atoms with Gasteiger partial charge in [0, 0.05) is 6.42 Å². The number of hydrogen-bond donors (Lipinski definition) is 0. The molecule has 1 unspecified atom stereocenters. The Morgan fingerprint density at radius 3 is 2.73 bits per heavy atom. The van der Waals surface area contributed by atoms with Gasteiger partial charge < -0.3 is 4.89 Å². The van der Waals surface area contributed by atoms with Crippen molar-refractivity contribution in [2.45, 2.75) is 13.3 Å². The Bertz CT molecular complexity index is 352. The van der Waals surface area contributed by atoms with Crippen molar-refractivity contribution in [2.75, 3.05) is 0 Å². The molecule has 0 aliphatic heterocycles. The molecule has 0 aliphatic rings. The number of hydrogen-bond acceptors (Lipinski definition) is 5. The van der Waals surface area contributed by atoms with Gasteiger partial charge in [0.15, 0.2) is 10.7 Å². The minimum Gasteiger partial charge on any atom is -0.573 e. The molecule has 0 spiro atoms. The van der Waals surface area contributed by atoms with E-state index >= 15 is 0 Å². The van der Waals surface area contributed by atoms with Crippen LogP contribution in [0, 0.1) is 0 Å². The third-order valence-electron chi connectivity index (χ3n) is 1.42. The average molecular weight is 227 g/mol. The summed E-state index contributed by atoms with van der Waals surface area (Å²) in [5.74, 6) is -0.134. The Hall–Kier alpha value is -1.45. The van der Waals surface area contributed by atoms with Crippen LogP contribution < -0.4 is 9.42 Å². The molecule has 15 heavy (non-hydrogen) atoms. The lowest BCUT2D eigenvalue weighted by atomic mass is 10.3. The minimum atomic E-state index is -2.36. The van der Waals surface area contributed by atoms with Crippen LogP contribution in [0.4, 0.5) is 0 Å². The molecule has 80 valence electrons. The van der Waals surface area contributed by atoms with Gasteiger partial charge >= 0.3 is 14.1 Å². The van der Waals surface area contributed by atoms with E-state index in [9.17, 15) is 9.69 Å². The zero-order chi connectivity index (χ0) is 11.1. The third kappa shape index (κ3) is 4.54. The maximum absolute atomic E-state index is 11.1. The fourth-order valence-electron chi connectivity index (χ4n) is 0.732. The molecule has 1 aromatic carbocycles. The summed E-state index contributed by atoms with van der Waals surface area (Å²) < 4.78 is 4.87. The number of carbonyl (C=O) groups is 1. The van der Waals surface area contributed by atoms with Gasteiger partial charge in [0.25, 0.3) is 0 Å². The summed E-state index contributed by atoms with van der Waals surface area (Å²) in [7, 11) is -2.36. The molecule has 1 aromatic rings. The van der Waals surface area contributed by atoms with Gasteiger partial charge in [-0.15, -0.1) is 0 Å². The highest BCUT2D eigenvalue weighted by Crippen LogP contribution is 2.22. The van der Waals surface area contributed by atoms with Gasteiger partial charge in [-0.2, -0.15) is 0 Å². The first-order valence-electron chi connectivity index (χ1n) is 4.33. The van der Waals surface area contributed by atoms with E-state index in [1.54, 1.807) is 37.3 Å². The van der Waals surface area contributed by atoms with Crippen molar-refractivity contribution < 1.29 is 19.0 Å². The third-order valence-corrected chi connectivity index (χ3v) is 2.01. The van der Waals surface area contributed by atoms with Crippen LogP contribution in [-0.2, 0) is 9.63 Å². The molecule has 5 nitrogen and oxygen atoms in total. The zero-order valence-electron chi connectivity index (χ0n) is 8.12. The molecule has 0 saturated heterocycles. The summed E-state index contributed by atoms with van der Waals surface area (Å²) in [6.07, 6.45) is 0.179. The second kappa shape index (κ2) is 6.11. The smallest absolute Gasteiger partial charge is 0.439 e. The summed E-state index contributed by atoms with van der Waals surface area (Å²) >= 11 is 0. The normalized spacial score (nSPS) is 10.9. The SMILES string of the molecule is CCC(=O)ON=[P+]([O-])Oc1ccccc1. The Morgan fingerprint density at radius 1 is 1.47 bits per heavy atom. The van der Waals surface area contributed by atoms with Gasteiger partial charge in [-0.05, 0) is 12.1 Å². The van der Waals surface area contributed by atoms with E-state index in [0.717, 1.165) is 0 Å². The summed E-state index contributed by atoms with van der Waals surface area (Å²) in [6.45, 7) is 1.61. The van der Waals surface area contributed by atoms with E-state index in [2.05, 4.69) is 9.75 Å². The van der Waals surface area contributed by atoms with Gasteiger partial charge in [0.1, 0.15) is 0 Å². The maximum Gasteiger partial charge on any atom is 0.439 e. The number of rotatable bonds is 4. The average Bonchev–Trinajstić information content (AvgIpc) is 2.27. The first-order valence-corrected chi connectivity index (χ1v) is 5.46. The predicted octanol–water partition coefficient (Wildman–Crippen LogP) is 1.79. The first-order chi connectivity index (χ1) is 7.22. The second-order valence-corrected chi connectivity index (χ2v) is 3.36. The Labute approximate surface area is 88.2 Å². The van der Waals surface area contributed by atoms with Crippen LogP contribution >= 0.6 is 8.17 Å². The molecule has 0 fully saturated rings. The Kier molecular flexibility index (Phi) is 4.74. The lowest BCUT2D eigenvalue weighted by Crippen LogP contribution is -1.99. The standard InChI is InChI=1S/C9H10NO4P/c1-2-9(11)13-10-15(12)14-8-6-4-3-5-7-8/h3-7H,2H2,1H3. The zero-order valence-corrected chi connectivity index (χ0v) is 9.02. The molecule has 0 bridgehead atoms. The summed E-state index contributed by atoms with van der Waals surface area (Å²) in [6, 6.07) is 8.52. The van der Waals surface area contributed by atoms with Crippen LogP contribution in [0.25, 0.3) is 0 Å². The lowest BCUT2D eigenvalue weighted by Gasteiger charge is -1.96. The quantitative estimate of drug-likeness (QED) is 0.580. The highest BCUT2D eigenvalue weighted by Gasteiger charge is 2.06. The van der Waals surface area contributed by atoms with Crippen LogP contribution in [0.3, 0.4) is 0 Å². The van der Waals surface area contributed by atoms with E-state index in [4.69, 9.17) is 4.52 Å². The van der Waals surface area contributed by atoms with Crippen molar-refractivity contribution in [3.8, 4) is 5.75 Å². The van der Waals surface area contributed by atoms with Crippen LogP contribution in [0.5, 0.6) is 5.75 Å². The predicted molar refractivity (Wildman–Crippen MR) is 52.8 cm³/mol. The minimum absolute atomic E-state index is 0.179. The number of carbonyl (C=O) groups excluding carboxylic acids is 1. The molecule has 6 heteroatoms. The molecular weight excluding hydrogens is 217 g/mol. The van der Waals surface area contributed by atoms with Crippen molar-refractivity contribution in [3.05, 3.63) is 30.3 Å².